The van der Waals surface area contributed by atoms with E-state index in [9.17, 15) is 9.90 Å². The van der Waals surface area contributed by atoms with Crippen LogP contribution in [-0.4, -0.2) is 46.5 Å². The Morgan fingerprint density at radius 1 is 1.24 bits per heavy atom. The zero-order chi connectivity index (χ0) is 18.1. The Hall–Kier alpha value is -1.59. The number of likely N-dealkylation sites (tertiary alicyclic amines) is 1. The lowest BCUT2D eigenvalue weighted by atomic mass is 9.81. The molecular formula is C20H29NO4. The highest BCUT2D eigenvalue weighted by molar-refractivity contribution is 5.68. The Balaban J connectivity index is 1.64. The fourth-order valence-electron chi connectivity index (χ4n) is 3.77. The molecule has 0 aliphatic carbocycles. The van der Waals surface area contributed by atoms with Gasteiger partial charge >= 0.3 is 6.09 Å². The number of ether oxygens (including phenoxy) is 2. The molecule has 2 saturated heterocycles. The Kier molecular flexibility index (Phi) is 5.07. The average molecular weight is 347 g/mol. The molecule has 0 unspecified atom stereocenters. The number of hydrogen-bond donors (Lipinski definition) is 1. The number of benzene rings is 1. The van der Waals surface area contributed by atoms with Gasteiger partial charge in [-0.3, -0.25) is 0 Å². The lowest BCUT2D eigenvalue weighted by molar-refractivity contribution is -0.182. The van der Waals surface area contributed by atoms with Crippen LogP contribution >= 0.6 is 0 Å². The van der Waals surface area contributed by atoms with Crippen LogP contribution in [0.2, 0.25) is 0 Å². The van der Waals surface area contributed by atoms with E-state index in [1.807, 2.05) is 51.1 Å². The van der Waals surface area contributed by atoms with E-state index >= 15 is 0 Å². The zero-order valence-corrected chi connectivity index (χ0v) is 15.4. The number of carbonyl (C=O) groups is 1. The van der Waals surface area contributed by atoms with Crippen LogP contribution in [-0.2, 0) is 9.47 Å². The van der Waals surface area contributed by atoms with Crippen LogP contribution in [0.3, 0.4) is 0 Å². The summed E-state index contributed by atoms with van der Waals surface area (Å²) in [7, 11) is 0. The van der Waals surface area contributed by atoms with E-state index in [1.165, 1.54) is 0 Å². The van der Waals surface area contributed by atoms with E-state index < -0.39 is 5.60 Å². The summed E-state index contributed by atoms with van der Waals surface area (Å²) in [5.74, 6) is 0. The van der Waals surface area contributed by atoms with E-state index in [0.29, 0.717) is 25.9 Å². The quantitative estimate of drug-likeness (QED) is 0.842. The third-order valence-electron chi connectivity index (χ3n) is 4.98. The number of carbonyl (C=O) groups excluding carboxylic acids is 1. The molecule has 5 nitrogen and oxygen atoms in total. The first kappa shape index (κ1) is 18.2. The fraction of sp³-hybridized carbons (Fsp3) is 0.650. The van der Waals surface area contributed by atoms with Crippen molar-refractivity contribution in [2.75, 3.05) is 13.1 Å². The number of piperidine rings is 1. The third-order valence-corrected chi connectivity index (χ3v) is 4.98. The number of nitrogens with zero attached hydrogens (tertiary/aromatic N) is 1. The van der Waals surface area contributed by atoms with Gasteiger partial charge < -0.3 is 19.5 Å². The van der Waals surface area contributed by atoms with Crippen molar-refractivity contribution in [1.82, 2.24) is 4.90 Å². The summed E-state index contributed by atoms with van der Waals surface area (Å²) in [6, 6.07) is 10.1. The normalized spacial score (nSPS) is 26.5. The number of hydrogen-bond acceptors (Lipinski definition) is 4. The highest BCUT2D eigenvalue weighted by Gasteiger charge is 2.44. The highest BCUT2D eigenvalue weighted by atomic mass is 16.6. The van der Waals surface area contributed by atoms with Gasteiger partial charge in [-0.2, -0.15) is 0 Å². The van der Waals surface area contributed by atoms with Crippen molar-refractivity contribution in [3.8, 4) is 0 Å². The molecule has 2 aliphatic heterocycles. The molecule has 0 bridgehead atoms. The third kappa shape index (κ3) is 4.53. The van der Waals surface area contributed by atoms with E-state index in [0.717, 1.165) is 18.4 Å². The predicted molar refractivity (Wildman–Crippen MR) is 95.3 cm³/mol. The second kappa shape index (κ2) is 6.96. The molecule has 2 aliphatic rings. The lowest BCUT2D eigenvalue weighted by Gasteiger charge is -2.48. The molecule has 138 valence electrons. The summed E-state index contributed by atoms with van der Waals surface area (Å²) in [4.78, 5) is 14.0. The summed E-state index contributed by atoms with van der Waals surface area (Å²) in [6.07, 6.45) is 2.00. The van der Waals surface area contributed by atoms with Gasteiger partial charge in [-0.15, -0.1) is 0 Å². The van der Waals surface area contributed by atoms with Crippen LogP contribution in [0.5, 0.6) is 0 Å². The van der Waals surface area contributed by atoms with E-state index in [1.54, 1.807) is 4.90 Å². The SMILES string of the molecule is CC(C)(C)OC(=O)N1CCC2(CC1)C[C@@H](O)C[C@@H](c1ccccc1)O2. The van der Waals surface area contributed by atoms with Crippen molar-refractivity contribution in [2.24, 2.45) is 0 Å². The fourth-order valence-corrected chi connectivity index (χ4v) is 3.77. The second-order valence-corrected chi connectivity index (χ2v) is 8.26. The Morgan fingerprint density at radius 3 is 2.48 bits per heavy atom. The Bertz CT molecular complexity index is 587. The van der Waals surface area contributed by atoms with E-state index in [-0.39, 0.29) is 23.9 Å². The minimum atomic E-state index is -0.484. The molecule has 2 atom stereocenters. The first-order valence-electron chi connectivity index (χ1n) is 9.15. The smallest absolute Gasteiger partial charge is 0.410 e. The van der Waals surface area contributed by atoms with Crippen LogP contribution in [0, 0.1) is 0 Å². The van der Waals surface area contributed by atoms with E-state index in [2.05, 4.69) is 0 Å². The van der Waals surface area contributed by atoms with Crippen molar-refractivity contribution in [3.05, 3.63) is 35.9 Å². The summed E-state index contributed by atoms with van der Waals surface area (Å²) in [5, 5.41) is 10.4. The number of aliphatic hydroxyl groups is 1. The number of rotatable bonds is 1. The first-order valence-corrected chi connectivity index (χ1v) is 9.15. The summed E-state index contributed by atoms with van der Waals surface area (Å²) < 4.78 is 11.9. The molecule has 1 aromatic carbocycles. The molecule has 1 spiro atoms. The standard InChI is InChI=1S/C20H29NO4/c1-19(2,3)25-18(23)21-11-9-20(10-12-21)14-16(22)13-17(24-20)15-7-5-4-6-8-15/h4-8,16-17,22H,9-14H2,1-3H3/t16-,17-/m0/s1. The van der Waals surface area contributed by atoms with Gasteiger partial charge in [0.2, 0.25) is 0 Å². The van der Waals surface area contributed by atoms with Crippen molar-refractivity contribution < 1.29 is 19.4 Å². The van der Waals surface area contributed by atoms with Gasteiger partial charge in [0, 0.05) is 25.9 Å². The van der Waals surface area contributed by atoms with Gasteiger partial charge in [-0.25, -0.2) is 4.79 Å². The topological polar surface area (TPSA) is 59.0 Å². The molecule has 2 heterocycles. The molecule has 25 heavy (non-hydrogen) atoms. The van der Waals surface area contributed by atoms with Gasteiger partial charge in [-0.05, 0) is 39.2 Å². The van der Waals surface area contributed by atoms with Gasteiger partial charge in [0.15, 0.2) is 0 Å². The molecule has 0 radical (unpaired) electrons. The first-order chi connectivity index (χ1) is 11.8. The lowest BCUT2D eigenvalue weighted by Crippen LogP contribution is -2.52. The predicted octanol–water partition coefficient (Wildman–Crippen LogP) is 3.67. The highest BCUT2D eigenvalue weighted by Crippen LogP contribution is 2.43. The largest absolute Gasteiger partial charge is 0.444 e. The molecule has 5 heteroatoms. The van der Waals surface area contributed by atoms with Gasteiger partial charge in [0.25, 0.3) is 0 Å². The zero-order valence-electron chi connectivity index (χ0n) is 15.4. The maximum atomic E-state index is 12.2. The molecule has 2 fully saturated rings. The minimum Gasteiger partial charge on any atom is -0.444 e. The van der Waals surface area contributed by atoms with Gasteiger partial charge in [0.1, 0.15) is 5.60 Å². The van der Waals surface area contributed by atoms with Crippen molar-refractivity contribution in [2.45, 2.75) is 69.9 Å². The molecule has 0 aromatic heterocycles. The van der Waals surface area contributed by atoms with Crippen LogP contribution in [0.25, 0.3) is 0 Å². The molecule has 1 amide bonds. The van der Waals surface area contributed by atoms with E-state index in [4.69, 9.17) is 9.47 Å². The molecule has 1 aromatic rings. The molecule has 1 N–H and O–H groups in total. The summed E-state index contributed by atoms with van der Waals surface area (Å²) in [6.45, 7) is 6.83. The van der Waals surface area contributed by atoms with Crippen LogP contribution in [0.15, 0.2) is 30.3 Å². The average Bonchev–Trinajstić information content (AvgIpc) is 2.54. The second-order valence-electron chi connectivity index (χ2n) is 8.26. The van der Waals surface area contributed by atoms with Crippen LogP contribution in [0.1, 0.15) is 58.1 Å². The molecule has 0 saturated carbocycles. The Labute approximate surface area is 149 Å². The molecular weight excluding hydrogens is 318 g/mol. The van der Waals surface area contributed by atoms with Crippen molar-refractivity contribution in [1.29, 1.82) is 0 Å². The van der Waals surface area contributed by atoms with Crippen molar-refractivity contribution in [3.63, 3.8) is 0 Å². The minimum absolute atomic E-state index is 0.0852. The van der Waals surface area contributed by atoms with Gasteiger partial charge in [-0.1, -0.05) is 30.3 Å². The van der Waals surface area contributed by atoms with Gasteiger partial charge in [0.05, 0.1) is 17.8 Å². The number of aliphatic hydroxyl groups excluding tert-OH is 1. The van der Waals surface area contributed by atoms with Crippen LogP contribution < -0.4 is 0 Å². The Morgan fingerprint density at radius 2 is 1.88 bits per heavy atom. The monoisotopic (exact) mass is 347 g/mol. The van der Waals surface area contributed by atoms with Crippen LogP contribution in [0.4, 0.5) is 4.79 Å². The van der Waals surface area contributed by atoms with Crippen molar-refractivity contribution >= 4 is 6.09 Å². The number of amides is 1. The summed E-state index contributed by atoms with van der Waals surface area (Å²) >= 11 is 0. The maximum absolute atomic E-state index is 12.2. The molecule has 3 rings (SSSR count). The maximum Gasteiger partial charge on any atom is 0.410 e. The summed E-state index contributed by atoms with van der Waals surface area (Å²) in [5.41, 5.74) is 0.272.